The van der Waals surface area contributed by atoms with E-state index in [-0.39, 0.29) is 5.60 Å². The molecule has 0 saturated heterocycles. The number of benzene rings is 1. The summed E-state index contributed by atoms with van der Waals surface area (Å²) >= 11 is 0. The van der Waals surface area contributed by atoms with E-state index in [1.165, 1.54) is 19.3 Å². The Morgan fingerprint density at radius 1 is 1.47 bits per heavy atom. The van der Waals surface area contributed by atoms with E-state index in [1.54, 1.807) is 7.11 Å². The third-order valence-corrected chi connectivity index (χ3v) is 4.31. The maximum atomic E-state index is 9.08. The molecule has 0 spiro atoms. The van der Waals surface area contributed by atoms with Gasteiger partial charge < -0.3 is 10.1 Å². The van der Waals surface area contributed by atoms with Crippen LogP contribution < -0.4 is 5.32 Å². The van der Waals surface area contributed by atoms with Gasteiger partial charge in [-0.2, -0.15) is 5.26 Å². The van der Waals surface area contributed by atoms with E-state index >= 15 is 0 Å². The van der Waals surface area contributed by atoms with Crippen molar-refractivity contribution in [3.8, 4) is 6.07 Å². The zero-order valence-electron chi connectivity index (χ0n) is 11.8. The van der Waals surface area contributed by atoms with Gasteiger partial charge in [0.05, 0.1) is 17.2 Å². The van der Waals surface area contributed by atoms with Gasteiger partial charge in [0.25, 0.3) is 0 Å². The lowest BCUT2D eigenvalue weighted by atomic mass is 9.71. The molecule has 102 valence electrons. The zero-order chi connectivity index (χ0) is 13.7. The third kappa shape index (κ3) is 2.65. The minimum Gasteiger partial charge on any atom is -0.373 e. The van der Waals surface area contributed by atoms with E-state index in [2.05, 4.69) is 17.5 Å². The summed E-state index contributed by atoms with van der Waals surface area (Å²) in [7, 11) is 3.79. The summed E-state index contributed by atoms with van der Waals surface area (Å²) in [6.45, 7) is 0.949. The van der Waals surface area contributed by atoms with Crippen molar-refractivity contribution in [1.29, 1.82) is 5.26 Å². The van der Waals surface area contributed by atoms with Gasteiger partial charge in [-0.25, -0.2) is 0 Å². The predicted octanol–water partition coefficient (Wildman–Crippen LogP) is 2.81. The Morgan fingerprint density at radius 3 is 3.00 bits per heavy atom. The monoisotopic (exact) mass is 258 g/mol. The van der Waals surface area contributed by atoms with Crippen LogP contribution in [0.1, 0.15) is 36.8 Å². The van der Waals surface area contributed by atoms with Crippen LogP contribution in [0.15, 0.2) is 24.3 Å². The van der Waals surface area contributed by atoms with Crippen molar-refractivity contribution in [3.05, 3.63) is 35.4 Å². The van der Waals surface area contributed by atoms with Gasteiger partial charge in [-0.3, -0.25) is 0 Å². The molecule has 2 rings (SSSR count). The number of methoxy groups -OCH3 is 1. The number of hydrogen-bond donors (Lipinski definition) is 1. The normalized spacial score (nSPS) is 26.9. The van der Waals surface area contributed by atoms with Crippen molar-refractivity contribution in [2.24, 2.45) is 5.92 Å². The van der Waals surface area contributed by atoms with Gasteiger partial charge in [0.15, 0.2) is 0 Å². The molecule has 2 atom stereocenters. The fourth-order valence-electron chi connectivity index (χ4n) is 3.35. The van der Waals surface area contributed by atoms with Crippen molar-refractivity contribution in [3.63, 3.8) is 0 Å². The zero-order valence-corrected chi connectivity index (χ0v) is 11.8. The van der Waals surface area contributed by atoms with E-state index in [0.29, 0.717) is 11.5 Å². The first-order valence-corrected chi connectivity index (χ1v) is 6.97. The van der Waals surface area contributed by atoms with Gasteiger partial charge in [0.2, 0.25) is 0 Å². The molecule has 1 aliphatic rings. The van der Waals surface area contributed by atoms with Gasteiger partial charge in [0, 0.05) is 19.6 Å². The Labute approximate surface area is 115 Å². The predicted molar refractivity (Wildman–Crippen MR) is 75.7 cm³/mol. The molecular formula is C16H22N2O. The summed E-state index contributed by atoms with van der Waals surface area (Å²) in [6, 6.07) is 10.1. The first-order valence-electron chi connectivity index (χ1n) is 6.97. The summed E-state index contributed by atoms with van der Waals surface area (Å²) in [5, 5.41) is 12.4. The van der Waals surface area contributed by atoms with E-state index in [9.17, 15) is 0 Å². The first-order chi connectivity index (χ1) is 9.26. The summed E-state index contributed by atoms with van der Waals surface area (Å²) in [6.07, 6.45) is 4.65. The third-order valence-electron chi connectivity index (χ3n) is 4.31. The average Bonchev–Trinajstić information content (AvgIpc) is 2.48. The molecule has 3 nitrogen and oxygen atoms in total. The molecule has 0 unspecified atom stereocenters. The molecular weight excluding hydrogens is 236 g/mol. The first kappa shape index (κ1) is 14.0. The summed E-state index contributed by atoms with van der Waals surface area (Å²) in [5.74, 6) is 0.463. The Balaban J connectivity index is 2.41. The Kier molecular flexibility index (Phi) is 4.57. The second-order valence-corrected chi connectivity index (χ2v) is 5.29. The minimum atomic E-state index is -0.242. The van der Waals surface area contributed by atoms with Gasteiger partial charge in [-0.05, 0) is 37.6 Å². The Morgan fingerprint density at radius 2 is 2.32 bits per heavy atom. The topological polar surface area (TPSA) is 45.0 Å². The fourth-order valence-corrected chi connectivity index (χ4v) is 3.35. The number of rotatable bonds is 4. The van der Waals surface area contributed by atoms with E-state index < -0.39 is 0 Å². The van der Waals surface area contributed by atoms with Crippen LogP contribution in [0.3, 0.4) is 0 Å². The van der Waals surface area contributed by atoms with Crippen LogP contribution in [-0.2, 0) is 10.3 Å². The highest BCUT2D eigenvalue weighted by Crippen LogP contribution is 2.44. The van der Waals surface area contributed by atoms with Crippen LogP contribution in [0.4, 0.5) is 0 Å². The lowest BCUT2D eigenvalue weighted by Crippen LogP contribution is -2.44. The maximum Gasteiger partial charge on any atom is 0.0991 e. The molecule has 0 aromatic heterocycles. The van der Waals surface area contributed by atoms with Crippen molar-refractivity contribution < 1.29 is 4.74 Å². The SMILES string of the molecule is CNC[C@H]1CCCC[C@]1(OC)c1cccc(C#N)c1. The van der Waals surface area contributed by atoms with Crippen LogP contribution >= 0.6 is 0 Å². The minimum absolute atomic E-state index is 0.242. The molecule has 0 heterocycles. The van der Waals surface area contributed by atoms with Crippen LogP contribution in [0.5, 0.6) is 0 Å². The number of nitrogens with zero attached hydrogens (tertiary/aromatic N) is 1. The molecule has 1 saturated carbocycles. The van der Waals surface area contributed by atoms with Crippen molar-refractivity contribution in [2.75, 3.05) is 20.7 Å². The highest BCUT2D eigenvalue weighted by molar-refractivity contribution is 5.36. The van der Waals surface area contributed by atoms with Gasteiger partial charge >= 0.3 is 0 Å². The molecule has 3 heteroatoms. The molecule has 1 fully saturated rings. The van der Waals surface area contributed by atoms with E-state index in [0.717, 1.165) is 18.5 Å². The molecule has 1 aromatic rings. The van der Waals surface area contributed by atoms with E-state index in [4.69, 9.17) is 10.00 Å². The molecule has 0 aliphatic heterocycles. The average molecular weight is 258 g/mol. The quantitative estimate of drug-likeness (QED) is 0.903. The Bertz CT molecular complexity index is 464. The van der Waals surface area contributed by atoms with Gasteiger partial charge in [0.1, 0.15) is 0 Å². The van der Waals surface area contributed by atoms with Gasteiger partial charge in [-0.1, -0.05) is 25.0 Å². The molecule has 1 aromatic carbocycles. The van der Waals surface area contributed by atoms with Crippen molar-refractivity contribution >= 4 is 0 Å². The molecule has 19 heavy (non-hydrogen) atoms. The highest BCUT2D eigenvalue weighted by Gasteiger charge is 2.42. The molecule has 0 radical (unpaired) electrons. The molecule has 0 amide bonds. The number of hydrogen-bond acceptors (Lipinski definition) is 3. The second kappa shape index (κ2) is 6.18. The Hall–Kier alpha value is -1.37. The van der Waals surface area contributed by atoms with Crippen molar-refractivity contribution in [1.82, 2.24) is 5.32 Å². The van der Waals surface area contributed by atoms with E-state index in [1.807, 2.05) is 25.2 Å². The number of nitrogens with one attached hydrogen (secondary N) is 1. The smallest absolute Gasteiger partial charge is 0.0991 e. The summed E-state index contributed by atoms with van der Waals surface area (Å²) in [4.78, 5) is 0. The molecule has 0 bridgehead atoms. The highest BCUT2D eigenvalue weighted by atomic mass is 16.5. The number of ether oxygens (including phenoxy) is 1. The number of nitriles is 1. The summed E-state index contributed by atoms with van der Waals surface area (Å²) < 4.78 is 5.98. The van der Waals surface area contributed by atoms with Crippen molar-refractivity contribution in [2.45, 2.75) is 31.3 Å². The van der Waals surface area contributed by atoms with Crippen LogP contribution in [0, 0.1) is 17.2 Å². The van der Waals surface area contributed by atoms with Crippen LogP contribution in [0.2, 0.25) is 0 Å². The van der Waals surface area contributed by atoms with Gasteiger partial charge in [-0.15, -0.1) is 0 Å². The van der Waals surface area contributed by atoms with Crippen LogP contribution in [-0.4, -0.2) is 20.7 Å². The summed E-state index contributed by atoms with van der Waals surface area (Å²) in [5.41, 5.74) is 1.62. The largest absolute Gasteiger partial charge is 0.373 e. The standard InChI is InChI=1S/C16H22N2O/c1-18-12-15-7-3-4-9-16(15,19-2)14-8-5-6-13(10-14)11-17/h5-6,8,10,15,18H,3-4,7,9,12H2,1-2H3/t15-,16+/m1/s1. The molecule has 1 aliphatic carbocycles. The lowest BCUT2D eigenvalue weighted by Gasteiger charge is -2.43. The second-order valence-electron chi connectivity index (χ2n) is 5.29. The van der Waals surface area contributed by atoms with Crippen LogP contribution in [0.25, 0.3) is 0 Å². The fraction of sp³-hybridized carbons (Fsp3) is 0.562. The maximum absolute atomic E-state index is 9.08. The molecule has 1 N–H and O–H groups in total. The lowest BCUT2D eigenvalue weighted by molar-refractivity contribution is -0.0883.